The van der Waals surface area contributed by atoms with Gasteiger partial charge in [0.1, 0.15) is 12.7 Å². The fourth-order valence-electron chi connectivity index (χ4n) is 5.82. The van der Waals surface area contributed by atoms with Crippen LogP contribution in [0.4, 0.5) is 4.79 Å². The fraction of sp³-hybridized carbons (Fsp3) is 0.390. The second-order valence-electron chi connectivity index (χ2n) is 12.5. The second-order valence-corrected chi connectivity index (χ2v) is 12.5. The zero-order valence-electron chi connectivity index (χ0n) is 28.3. The van der Waals surface area contributed by atoms with E-state index in [0.717, 1.165) is 41.5 Å². The molecule has 5 rings (SSSR count). The normalized spacial score (nSPS) is 20.5. The molecule has 1 fully saturated rings. The van der Waals surface area contributed by atoms with Gasteiger partial charge in [-0.25, -0.2) is 4.79 Å². The molecule has 0 bridgehead atoms. The van der Waals surface area contributed by atoms with E-state index < -0.39 is 18.5 Å². The second kappa shape index (κ2) is 19.8. The number of hydrogen-bond acceptors (Lipinski definition) is 7. The van der Waals surface area contributed by atoms with E-state index in [1.165, 1.54) is 0 Å². The lowest BCUT2D eigenvalue weighted by Gasteiger charge is -2.43. The molecule has 1 saturated heterocycles. The van der Waals surface area contributed by atoms with Gasteiger partial charge in [-0.1, -0.05) is 128 Å². The Balaban J connectivity index is 1.12. The van der Waals surface area contributed by atoms with Crippen molar-refractivity contribution in [2.24, 2.45) is 5.92 Å². The third kappa shape index (κ3) is 11.8. The van der Waals surface area contributed by atoms with E-state index in [9.17, 15) is 9.90 Å². The highest BCUT2D eigenvalue weighted by Gasteiger charge is 2.44. The number of nitrogens with zero attached hydrogens (tertiary/aromatic N) is 1. The highest BCUT2D eigenvalue weighted by Crippen LogP contribution is 2.30. The molecule has 1 heterocycles. The van der Waals surface area contributed by atoms with Crippen molar-refractivity contribution in [3.63, 3.8) is 0 Å². The van der Waals surface area contributed by atoms with Crippen LogP contribution in [0.15, 0.2) is 121 Å². The van der Waals surface area contributed by atoms with E-state index in [1.54, 1.807) is 4.90 Å². The van der Waals surface area contributed by atoms with Gasteiger partial charge < -0.3 is 33.7 Å². The number of amides is 1. The standard InChI is InChI=1S/C41H49NO7/c1-32-37(31-45-28-34-19-9-3-10-20-34)49-40(39(38(32)43)47-29-35-21-11-4-12-22-35)46-26-16-6-15-25-42(27-33-17-7-2-8-18-33)41(44)48-30-36-23-13-5-14-24-36/h2-5,7-14,17-24,32,37-40,43H,6,15-16,25-31H2,1H3/t32-,37?,38-,39-,40?/m0/s1. The van der Waals surface area contributed by atoms with Gasteiger partial charge in [0.15, 0.2) is 6.29 Å². The Morgan fingerprint density at radius 2 is 1.24 bits per heavy atom. The molecule has 0 aliphatic carbocycles. The van der Waals surface area contributed by atoms with Crippen molar-refractivity contribution in [2.75, 3.05) is 19.8 Å². The van der Waals surface area contributed by atoms with Gasteiger partial charge in [-0.2, -0.15) is 0 Å². The van der Waals surface area contributed by atoms with Crippen molar-refractivity contribution in [3.8, 4) is 0 Å². The van der Waals surface area contributed by atoms with Crippen molar-refractivity contribution >= 4 is 6.09 Å². The maximum Gasteiger partial charge on any atom is 0.410 e. The average molecular weight is 668 g/mol. The van der Waals surface area contributed by atoms with Crippen LogP contribution in [0.1, 0.15) is 48.4 Å². The van der Waals surface area contributed by atoms with E-state index in [1.807, 2.05) is 128 Å². The number of ether oxygens (including phenoxy) is 5. The molecule has 8 heteroatoms. The summed E-state index contributed by atoms with van der Waals surface area (Å²) in [5.74, 6) is -0.214. The smallest absolute Gasteiger partial charge is 0.410 e. The lowest BCUT2D eigenvalue weighted by atomic mass is 9.91. The molecule has 49 heavy (non-hydrogen) atoms. The number of rotatable bonds is 18. The van der Waals surface area contributed by atoms with Crippen molar-refractivity contribution in [3.05, 3.63) is 144 Å². The number of aliphatic hydroxyl groups excluding tert-OH is 1. The molecule has 4 aromatic rings. The van der Waals surface area contributed by atoms with Crippen LogP contribution in [0.25, 0.3) is 0 Å². The Morgan fingerprint density at radius 1 is 0.694 bits per heavy atom. The van der Waals surface area contributed by atoms with Crippen molar-refractivity contribution in [1.29, 1.82) is 0 Å². The van der Waals surface area contributed by atoms with Crippen LogP contribution in [0.3, 0.4) is 0 Å². The predicted molar refractivity (Wildman–Crippen MR) is 188 cm³/mol. The van der Waals surface area contributed by atoms with Gasteiger partial charge in [0.05, 0.1) is 32.0 Å². The molecule has 0 saturated carbocycles. The van der Waals surface area contributed by atoms with E-state index in [2.05, 4.69) is 0 Å². The predicted octanol–water partition coefficient (Wildman–Crippen LogP) is 7.54. The summed E-state index contributed by atoms with van der Waals surface area (Å²) in [6.07, 6.45) is -0.501. The van der Waals surface area contributed by atoms with Crippen LogP contribution in [0.5, 0.6) is 0 Å². The van der Waals surface area contributed by atoms with E-state index in [4.69, 9.17) is 23.7 Å². The van der Waals surface area contributed by atoms with Crippen LogP contribution >= 0.6 is 0 Å². The Hall–Kier alpha value is -4.05. The summed E-state index contributed by atoms with van der Waals surface area (Å²) in [6.45, 7) is 4.78. The number of aliphatic hydroxyl groups is 1. The number of hydrogen-bond donors (Lipinski definition) is 1. The van der Waals surface area contributed by atoms with E-state index in [-0.39, 0.29) is 24.7 Å². The third-order valence-electron chi connectivity index (χ3n) is 8.75. The third-order valence-corrected chi connectivity index (χ3v) is 8.75. The molecule has 260 valence electrons. The number of benzene rings is 4. The van der Waals surface area contributed by atoms with Crippen LogP contribution in [-0.2, 0) is 50.0 Å². The van der Waals surface area contributed by atoms with Crippen molar-refractivity contribution in [2.45, 2.75) is 77.2 Å². The first-order valence-corrected chi connectivity index (χ1v) is 17.3. The quantitative estimate of drug-likeness (QED) is 0.110. The van der Waals surface area contributed by atoms with Gasteiger partial charge in [-0.05, 0) is 41.5 Å². The van der Waals surface area contributed by atoms with Gasteiger partial charge in [-0.3, -0.25) is 0 Å². The summed E-state index contributed by atoms with van der Waals surface area (Å²) in [5.41, 5.74) is 4.09. The Morgan fingerprint density at radius 3 is 1.86 bits per heavy atom. The topological polar surface area (TPSA) is 86.7 Å². The SMILES string of the molecule is C[C@H]1C(COCc2ccccc2)OC(OCCCCCN(Cc2ccccc2)C(=O)OCc2ccccc2)[C@@H](OCc2ccccc2)[C@H]1O. The zero-order chi connectivity index (χ0) is 34.1. The largest absolute Gasteiger partial charge is 0.445 e. The molecule has 1 aliphatic heterocycles. The first-order chi connectivity index (χ1) is 24.1. The maximum absolute atomic E-state index is 13.1. The Bertz CT molecular complexity index is 1470. The van der Waals surface area contributed by atoms with Crippen LogP contribution in [0, 0.1) is 5.92 Å². The highest BCUT2D eigenvalue weighted by atomic mass is 16.7. The lowest BCUT2D eigenvalue weighted by molar-refractivity contribution is -0.301. The molecule has 5 atom stereocenters. The molecule has 4 aromatic carbocycles. The molecule has 2 unspecified atom stereocenters. The Kier molecular flexibility index (Phi) is 14.7. The number of carbonyl (C=O) groups is 1. The Labute approximate surface area is 290 Å². The first kappa shape index (κ1) is 36.2. The van der Waals surface area contributed by atoms with Crippen molar-refractivity contribution in [1.82, 2.24) is 4.90 Å². The minimum Gasteiger partial charge on any atom is -0.445 e. The van der Waals surface area contributed by atoms with Crippen LogP contribution in [-0.4, -0.2) is 60.5 Å². The molecule has 1 amide bonds. The molecule has 0 aromatic heterocycles. The molecular formula is C41H49NO7. The molecule has 1 N–H and O–H groups in total. The monoisotopic (exact) mass is 667 g/mol. The molecule has 1 aliphatic rings. The van der Waals surface area contributed by atoms with E-state index in [0.29, 0.717) is 39.5 Å². The summed E-state index contributed by atoms with van der Waals surface area (Å²) in [4.78, 5) is 14.9. The highest BCUT2D eigenvalue weighted by molar-refractivity contribution is 5.67. The number of unbranched alkanes of at least 4 members (excludes halogenated alkanes) is 2. The molecule has 0 spiro atoms. The summed E-state index contributed by atoms with van der Waals surface area (Å²) < 4.78 is 30.6. The van der Waals surface area contributed by atoms with E-state index >= 15 is 0 Å². The minimum atomic E-state index is -0.791. The minimum absolute atomic E-state index is 0.214. The first-order valence-electron chi connectivity index (χ1n) is 17.3. The summed E-state index contributed by atoms with van der Waals surface area (Å²) in [6, 6.07) is 39.5. The van der Waals surface area contributed by atoms with Crippen molar-refractivity contribution < 1.29 is 33.6 Å². The summed E-state index contributed by atoms with van der Waals surface area (Å²) >= 11 is 0. The van der Waals surface area contributed by atoms with Crippen LogP contribution < -0.4 is 0 Å². The molecule has 8 nitrogen and oxygen atoms in total. The summed E-state index contributed by atoms with van der Waals surface area (Å²) in [5, 5.41) is 11.4. The van der Waals surface area contributed by atoms with Gasteiger partial charge >= 0.3 is 6.09 Å². The fourth-order valence-corrected chi connectivity index (χ4v) is 5.82. The van der Waals surface area contributed by atoms with Gasteiger partial charge in [-0.15, -0.1) is 0 Å². The van der Waals surface area contributed by atoms with Gasteiger partial charge in [0, 0.05) is 25.6 Å². The van der Waals surface area contributed by atoms with Gasteiger partial charge in [0.2, 0.25) is 0 Å². The molecular weight excluding hydrogens is 618 g/mol. The van der Waals surface area contributed by atoms with Crippen LogP contribution in [0.2, 0.25) is 0 Å². The number of carbonyl (C=O) groups excluding carboxylic acids is 1. The van der Waals surface area contributed by atoms with Gasteiger partial charge in [0.25, 0.3) is 0 Å². The lowest BCUT2D eigenvalue weighted by Crippen LogP contribution is -2.56. The zero-order valence-corrected chi connectivity index (χ0v) is 28.3. The molecule has 0 radical (unpaired) electrons. The maximum atomic E-state index is 13.1. The summed E-state index contributed by atoms with van der Waals surface area (Å²) in [7, 11) is 0. The average Bonchev–Trinajstić information content (AvgIpc) is 3.15.